The van der Waals surface area contributed by atoms with E-state index in [1.165, 1.54) is 6.26 Å². The van der Waals surface area contributed by atoms with Crippen molar-refractivity contribution in [2.75, 3.05) is 43.1 Å². The number of halogens is 1. The molecule has 1 fully saturated rings. The molecule has 2 aromatic rings. The maximum Gasteiger partial charge on any atom is 0.286 e. The Balaban J connectivity index is 1.50. The molecule has 2 amide bonds. The third-order valence-corrected chi connectivity index (χ3v) is 4.50. The zero-order chi connectivity index (χ0) is 19.1. The summed E-state index contributed by atoms with van der Waals surface area (Å²) in [4.78, 5) is 26.2. The highest BCUT2D eigenvalue weighted by molar-refractivity contribution is 6.34. The minimum atomic E-state index is -0.287. The quantitative estimate of drug-likeness (QED) is 0.709. The highest BCUT2D eigenvalue weighted by Crippen LogP contribution is 2.34. The predicted molar refractivity (Wildman–Crippen MR) is 103 cm³/mol. The minimum Gasteiger partial charge on any atom is -0.459 e. The molecule has 1 aromatic heterocycles. The maximum atomic E-state index is 12.3. The molecule has 3 rings (SSSR count). The first-order valence-electron chi connectivity index (χ1n) is 8.88. The highest BCUT2D eigenvalue weighted by atomic mass is 35.5. The van der Waals surface area contributed by atoms with Gasteiger partial charge >= 0.3 is 0 Å². The predicted octanol–water partition coefficient (Wildman–Crippen LogP) is 2.92. The Morgan fingerprint density at radius 1 is 1.15 bits per heavy atom. The van der Waals surface area contributed by atoms with E-state index in [-0.39, 0.29) is 24.0 Å². The number of hydrogen-bond donors (Lipinski definition) is 2. The first kappa shape index (κ1) is 19.3. The van der Waals surface area contributed by atoms with Crippen LogP contribution in [0.5, 0.6) is 0 Å². The van der Waals surface area contributed by atoms with Crippen molar-refractivity contribution < 1.29 is 18.7 Å². The lowest BCUT2D eigenvalue weighted by molar-refractivity contribution is -0.116. The Morgan fingerprint density at radius 3 is 2.70 bits per heavy atom. The number of hydrogen-bond acceptors (Lipinski definition) is 5. The van der Waals surface area contributed by atoms with E-state index in [2.05, 4.69) is 15.5 Å². The lowest BCUT2D eigenvalue weighted by Gasteiger charge is -2.31. The largest absolute Gasteiger partial charge is 0.459 e. The fourth-order valence-corrected chi connectivity index (χ4v) is 3.18. The van der Waals surface area contributed by atoms with E-state index in [9.17, 15) is 9.59 Å². The second-order valence-corrected chi connectivity index (χ2v) is 6.53. The van der Waals surface area contributed by atoms with Crippen molar-refractivity contribution >= 4 is 34.8 Å². The van der Waals surface area contributed by atoms with Crippen molar-refractivity contribution in [3.05, 3.63) is 47.4 Å². The van der Waals surface area contributed by atoms with Crippen LogP contribution in [0.25, 0.3) is 0 Å². The summed E-state index contributed by atoms with van der Waals surface area (Å²) in [5.41, 5.74) is 1.51. The Labute approximate surface area is 162 Å². The van der Waals surface area contributed by atoms with Crippen molar-refractivity contribution in [3.8, 4) is 0 Å². The summed E-state index contributed by atoms with van der Waals surface area (Å²) in [7, 11) is 0. The van der Waals surface area contributed by atoms with Crippen LogP contribution in [0.15, 0.2) is 41.0 Å². The average molecular weight is 392 g/mol. The second kappa shape index (κ2) is 9.43. The van der Waals surface area contributed by atoms with Gasteiger partial charge in [-0.25, -0.2) is 0 Å². The molecular formula is C19H22ClN3O4. The molecule has 1 aromatic carbocycles. The molecule has 0 aliphatic carbocycles. The SMILES string of the molecule is O=C(CCCNC(=O)c1ccco1)Nc1cccc(Cl)c1N1CCOCC1. The minimum absolute atomic E-state index is 0.126. The van der Waals surface area contributed by atoms with Gasteiger partial charge in [0.15, 0.2) is 5.76 Å². The molecule has 7 nitrogen and oxygen atoms in total. The van der Waals surface area contributed by atoms with Gasteiger partial charge in [-0.1, -0.05) is 17.7 Å². The van der Waals surface area contributed by atoms with Crippen LogP contribution >= 0.6 is 11.6 Å². The van der Waals surface area contributed by atoms with Crippen LogP contribution in [0.3, 0.4) is 0 Å². The van der Waals surface area contributed by atoms with Crippen LogP contribution in [0.2, 0.25) is 5.02 Å². The zero-order valence-corrected chi connectivity index (χ0v) is 15.6. The smallest absolute Gasteiger partial charge is 0.286 e. The number of para-hydroxylation sites is 1. The summed E-state index contributed by atoms with van der Waals surface area (Å²) in [5, 5.41) is 6.25. The molecule has 2 heterocycles. The summed E-state index contributed by atoms with van der Waals surface area (Å²) in [6, 6.07) is 8.71. The van der Waals surface area contributed by atoms with Gasteiger partial charge in [-0.2, -0.15) is 0 Å². The number of amides is 2. The molecule has 0 spiro atoms. The van der Waals surface area contributed by atoms with E-state index in [1.54, 1.807) is 12.1 Å². The third kappa shape index (κ3) is 5.24. The van der Waals surface area contributed by atoms with Gasteiger partial charge in [-0.3, -0.25) is 9.59 Å². The molecule has 144 valence electrons. The molecular weight excluding hydrogens is 370 g/mol. The first-order chi connectivity index (χ1) is 13.1. The standard InChI is InChI=1S/C19H22ClN3O4/c20-14-4-1-5-15(18(14)23-9-12-26-13-10-23)22-17(24)7-2-8-21-19(25)16-6-3-11-27-16/h1,3-6,11H,2,7-10,12-13H2,(H,21,25)(H,22,24). The molecule has 1 aliphatic heterocycles. The van der Waals surface area contributed by atoms with E-state index < -0.39 is 0 Å². The summed E-state index contributed by atoms with van der Waals surface area (Å²) in [5.74, 6) is -0.155. The van der Waals surface area contributed by atoms with Gasteiger partial charge < -0.3 is 24.7 Å². The molecule has 0 saturated carbocycles. The van der Waals surface area contributed by atoms with Crippen LogP contribution in [-0.4, -0.2) is 44.7 Å². The number of benzene rings is 1. The lowest BCUT2D eigenvalue weighted by atomic mass is 10.2. The van der Waals surface area contributed by atoms with Gasteiger partial charge in [0.1, 0.15) is 0 Å². The molecule has 27 heavy (non-hydrogen) atoms. The van der Waals surface area contributed by atoms with Gasteiger partial charge in [0, 0.05) is 26.1 Å². The Hall–Kier alpha value is -2.51. The lowest BCUT2D eigenvalue weighted by Crippen LogP contribution is -2.37. The zero-order valence-electron chi connectivity index (χ0n) is 14.9. The number of nitrogens with zero attached hydrogens (tertiary/aromatic N) is 1. The average Bonchev–Trinajstić information content (AvgIpc) is 3.21. The summed E-state index contributed by atoms with van der Waals surface area (Å²) >= 11 is 6.37. The van der Waals surface area contributed by atoms with E-state index in [0.717, 1.165) is 18.8 Å². The van der Waals surface area contributed by atoms with Gasteiger partial charge in [0.05, 0.1) is 35.9 Å². The number of morpholine rings is 1. The van der Waals surface area contributed by atoms with E-state index in [0.29, 0.717) is 36.9 Å². The van der Waals surface area contributed by atoms with Crippen molar-refractivity contribution in [1.29, 1.82) is 0 Å². The van der Waals surface area contributed by atoms with E-state index in [1.807, 2.05) is 18.2 Å². The van der Waals surface area contributed by atoms with Crippen LogP contribution in [-0.2, 0) is 9.53 Å². The molecule has 1 saturated heterocycles. The van der Waals surface area contributed by atoms with Crippen molar-refractivity contribution in [3.63, 3.8) is 0 Å². The first-order valence-corrected chi connectivity index (χ1v) is 9.25. The van der Waals surface area contributed by atoms with Crippen molar-refractivity contribution in [2.24, 2.45) is 0 Å². The Bertz CT molecular complexity index is 773. The number of nitrogens with one attached hydrogen (secondary N) is 2. The molecule has 2 N–H and O–H groups in total. The Kier molecular flexibility index (Phi) is 6.73. The number of ether oxygens (including phenoxy) is 1. The van der Waals surface area contributed by atoms with Gasteiger partial charge in [0.25, 0.3) is 5.91 Å². The number of carbonyl (C=O) groups excluding carboxylic acids is 2. The monoisotopic (exact) mass is 391 g/mol. The third-order valence-electron chi connectivity index (χ3n) is 4.20. The molecule has 0 atom stereocenters. The van der Waals surface area contributed by atoms with Crippen molar-refractivity contribution in [1.82, 2.24) is 5.32 Å². The van der Waals surface area contributed by atoms with E-state index >= 15 is 0 Å². The number of anilines is 2. The van der Waals surface area contributed by atoms with Crippen LogP contribution in [0.1, 0.15) is 23.4 Å². The van der Waals surface area contributed by atoms with Gasteiger partial charge in [0.2, 0.25) is 5.91 Å². The molecule has 0 unspecified atom stereocenters. The topological polar surface area (TPSA) is 83.8 Å². The molecule has 8 heteroatoms. The number of furan rings is 1. The fourth-order valence-electron chi connectivity index (χ4n) is 2.88. The second-order valence-electron chi connectivity index (χ2n) is 6.12. The maximum absolute atomic E-state index is 12.3. The molecule has 0 radical (unpaired) electrons. The number of rotatable bonds is 7. The number of carbonyl (C=O) groups is 2. The van der Waals surface area contributed by atoms with Crippen LogP contribution in [0.4, 0.5) is 11.4 Å². The fraction of sp³-hybridized carbons (Fsp3) is 0.368. The summed E-state index contributed by atoms with van der Waals surface area (Å²) < 4.78 is 10.4. The van der Waals surface area contributed by atoms with E-state index in [4.69, 9.17) is 20.8 Å². The summed E-state index contributed by atoms with van der Waals surface area (Å²) in [6.45, 7) is 3.11. The highest BCUT2D eigenvalue weighted by Gasteiger charge is 2.19. The van der Waals surface area contributed by atoms with Crippen molar-refractivity contribution in [2.45, 2.75) is 12.8 Å². The normalized spacial score (nSPS) is 14.0. The van der Waals surface area contributed by atoms with Crippen LogP contribution in [0, 0.1) is 0 Å². The molecule has 1 aliphatic rings. The van der Waals surface area contributed by atoms with Gasteiger partial charge in [-0.05, 0) is 30.7 Å². The molecule has 0 bridgehead atoms. The summed E-state index contributed by atoms with van der Waals surface area (Å²) in [6.07, 6.45) is 2.25. The van der Waals surface area contributed by atoms with Crippen LogP contribution < -0.4 is 15.5 Å². The van der Waals surface area contributed by atoms with Gasteiger partial charge in [-0.15, -0.1) is 0 Å². The Morgan fingerprint density at radius 2 is 1.96 bits per heavy atom.